The first-order chi connectivity index (χ1) is 7.69. The van der Waals surface area contributed by atoms with Crippen molar-refractivity contribution in [3.63, 3.8) is 0 Å². The van der Waals surface area contributed by atoms with E-state index < -0.39 is 0 Å². The number of alkyl halides is 1. The number of aliphatic imine (C=N–C) groups is 1. The molecule has 2 rings (SSSR count). The molecular formula is C10H11ClN4O. The number of amidine groups is 1. The van der Waals surface area contributed by atoms with Gasteiger partial charge < -0.3 is 16.4 Å². The number of benzene rings is 1. The minimum absolute atomic E-state index is 0.191. The lowest BCUT2D eigenvalue weighted by Crippen LogP contribution is -2.33. The van der Waals surface area contributed by atoms with Crippen molar-refractivity contribution < 1.29 is 4.79 Å². The molecule has 0 aliphatic carbocycles. The molecule has 1 aliphatic rings. The van der Waals surface area contributed by atoms with Crippen LogP contribution >= 0.6 is 11.6 Å². The number of fused-ring (bicyclic) bond motifs is 1. The molecule has 0 spiro atoms. The molecule has 0 unspecified atom stereocenters. The number of amides is 2. The molecule has 1 heterocycles. The fourth-order valence-corrected chi connectivity index (χ4v) is 1.52. The second-order valence-corrected chi connectivity index (χ2v) is 3.65. The topological polar surface area (TPSA) is 79.5 Å². The van der Waals surface area contributed by atoms with Gasteiger partial charge in [0.05, 0.1) is 11.6 Å². The second-order valence-electron chi connectivity index (χ2n) is 3.39. The molecule has 2 amide bonds. The van der Waals surface area contributed by atoms with Gasteiger partial charge in [-0.25, -0.2) is 9.79 Å². The van der Waals surface area contributed by atoms with E-state index in [4.69, 9.17) is 17.3 Å². The van der Waals surface area contributed by atoms with Gasteiger partial charge in [-0.3, -0.25) is 0 Å². The van der Waals surface area contributed by atoms with Crippen molar-refractivity contribution in [2.45, 2.75) is 6.54 Å². The molecule has 0 saturated carbocycles. The highest BCUT2D eigenvalue weighted by Gasteiger charge is 2.13. The molecule has 6 heteroatoms. The number of carbonyl (C=O) groups excluding carboxylic acids is 1. The smallest absolute Gasteiger partial charge is 0.319 e. The number of nitrogens with zero attached hydrogens (tertiary/aromatic N) is 1. The summed E-state index contributed by atoms with van der Waals surface area (Å²) in [5.41, 5.74) is 8.04. The molecule has 0 radical (unpaired) electrons. The van der Waals surface area contributed by atoms with Crippen LogP contribution in [0.1, 0.15) is 5.56 Å². The number of rotatable bonds is 2. The maximum Gasteiger partial charge on any atom is 0.319 e. The summed E-state index contributed by atoms with van der Waals surface area (Å²) in [6, 6.07) is 5.25. The van der Waals surface area contributed by atoms with E-state index in [2.05, 4.69) is 15.6 Å². The Hall–Kier alpha value is -1.75. The van der Waals surface area contributed by atoms with Crippen molar-refractivity contribution in [2.75, 3.05) is 11.2 Å². The number of halogens is 1. The number of carbonyl (C=O) groups is 1. The Balaban J connectivity index is 2.29. The second kappa shape index (κ2) is 4.40. The highest BCUT2D eigenvalue weighted by atomic mass is 35.5. The van der Waals surface area contributed by atoms with Crippen LogP contribution in [0.5, 0.6) is 0 Å². The van der Waals surface area contributed by atoms with Crippen LogP contribution in [-0.2, 0) is 6.54 Å². The largest absolute Gasteiger partial charge is 0.386 e. The fraction of sp³-hybridized carbons (Fsp3) is 0.200. The lowest BCUT2D eigenvalue weighted by atomic mass is 10.1. The van der Waals surface area contributed by atoms with E-state index in [1.54, 1.807) is 12.1 Å². The normalized spacial score (nSPS) is 15.1. The van der Waals surface area contributed by atoms with E-state index in [1.165, 1.54) is 0 Å². The van der Waals surface area contributed by atoms with E-state index in [9.17, 15) is 4.79 Å². The van der Waals surface area contributed by atoms with Gasteiger partial charge in [0.2, 0.25) is 0 Å². The van der Waals surface area contributed by atoms with Gasteiger partial charge in [-0.05, 0) is 23.8 Å². The van der Waals surface area contributed by atoms with Crippen molar-refractivity contribution in [1.82, 2.24) is 5.32 Å². The SMILES string of the molecule is NC(CCl)=Nc1ccc2c(c1)CNC(=O)N2. The first-order valence-corrected chi connectivity index (χ1v) is 5.29. The van der Waals surface area contributed by atoms with Gasteiger partial charge in [0.1, 0.15) is 5.84 Å². The minimum Gasteiger partial charge on any atom is -0.386 e. The van der Waals surface area contributed by atoms with Crippen LogP contribution in [0.15, 0.2) is 23.2 Å². The van der Waals surface area contributed by atoms with Gasteiger partial charge >= 0.3 is 6.03 Å². The summed E-state index contributed by atoms with van der Waals surface area (Å²) in [6.07, 6.45) is 0. The summed E-state index contributed by atoms with van der Waals surface area (Å²) in [7, 11) is 0. The molecular weight excluding hydrogens is 228 g/mol. The zero-order valence-electron chi connectivity index (χ0n) is 8.46. The highest BCUT2D eigenvalue weighted by molar-refractivity contribution is 6.28. The molecule has 0 bridgehead atoms. The Bertz CT molecular complexity index is 458. The number of nitrogens with one attached hydrogen (secondary N) is 2. The Morgan fingerprint density at radius 3 is 3.12 bits per heavy atom. The van der Waals surface area contributed by atoms with E-state index in [0.717, 1.165) is 16.9 Å². The van der Waals surface area contributed by atoms with Gasteiger partial charge in [0.25, 0.3) is 0 Å². The highest BCUT2D eigenvalue weighted by Crippen LogP contribution is 2.24. The maximum atomic E-state index is 11.0. The maximum absolute atomic E-state index is 11.0. The molecule has 0 atom stereocenters. The molecule has 0 saturated heterocycles. The molecule has 0 fully saturated rings. The number of nitrogens with two attached hydrogens (primary N) is 1. The first-order valence-electron chi connectivity index (χ1n) is 4.76. The average molecular weight is 239 g/mol. The van der Waals surface area contributed by atoms with E-state index in [0.29, 0.717) is 12.4 Å². The zero-order valence-corrected chi connectivity index (χ0v) is 9.21. The summed E-state index contributed by atoms with van der Waals surface area (Å²) in [5.74, 6) is 0.570. The fourth-order valence-electron chi connectivity index (χ4n) is 1.46. The number of anilines is 1. The number of hydrogen-bond donors (Lipinski definition) is 3. The Morgan fingerprint density at radius 2 is 2.38 bits per heavy atom. The van der Waals surface area contributed by atoms with Gasteiger partial charge in [-0.15, -0.1) is 11.6 Å². The van der Waals surface area contributed by atoms with Crippen LogP contribution < -0.4 is 16.4 Å². The third-order valence-corrected chi connectivity index (χ3v) is 2.46. The van der Waals surface area contributed by atoms with Crippen molar-refractivity contribution in [3.8, 4) is 0 Å². The number of hydrogen-bond acceptors (Lipinski definition) is 2. The lowest BCUT2D eigenvalue weighted by molar-refractivity contribution is 0.251. The summed E-state index contributed by atoms with van der Waals surface area (Å²) in [5, 5.41) is 5.38. The van der Waals surface area contributed by atoms with Crippen LogP contribution in [0.4, 0.5) is 16.2 Å². The van der Waals surface area contributed by atoms with Crippen LogP contribution in [0, 0.1) is 0 Å². The predicted octanol–water partition coefficient (Wildman–Crippen LogP) is 1.55. The van der Waals surface area contributed by atoms with Crippen molar-refractivity contribution in [2.24, 2.45) is 10.7 Å². The van der Waals surface area contributed by atoms with E-state index >= 15 is 0 Å². The van der Waals surface area contributed by atoms with Crippen LogP contribution in [0.2, 0.25) is 0 Å². The molecule has 0 aromatic heterocycles. The average Bonchev–Trinajstić information content (AvgIpc) is 2.29. The molecule has 1 aliphatic heterocycles. The number of urea groups is 1. The van der Waals surface area contributed by atoms with E-state index in [-0.39, 0.29) is 11.9 Å². The monoisotopic (exact) mass is 238 g/mol. The molecule has 5 nitrogen and oxygen atoms in total. The third-order valence-electron chi connectivity index (χ3n) is 2.19. The summed E-state index contributed by atoms with van der Waals surface area (Å²) in [4.78, 5) is 15.2. The molecule has 16 heavy (non-hydrogen) atoms. The summed E-state index contributed by atoms with van der Waals surface area (Å²) < 4.78 is 0. The summed E-state index contributed by atoms with van der Waals surface area (Å²) in [6.45, 7) is 0.491. The lowest BCUT2D eigenvalue weighted by Gasteiger charge is -2.18. The summed E-state index contributed by atoms with van der Waals surface area (Å²) >= 11 is 5.54. The van der Waals surface area contributed by atoms with Crippen molar-refractivity contribution >= 4 is 34.8 Å². The third kappa shape index (κ3) is 2.25. The van der Waals surface area contributed by atoms with Crippen molar-refractivity contribution in [1.29, 1.82) is 0 Å². The van der Waals surface area contributed by atoms with E-state index in [1.807, 2.05) is 6.07 Å². The first kappa shape index (κ1) is 10.8. The minimum atomic E-state index is -0.191. The van der Waals surface area contributed by atoms with Gasteiger partial charge in [-0.1, -0.05) is 0 Å². The van der Waals surface area contributed by atoms with Gasteiger partial charge in [0, 0.05) is 12.2 Å². The van der Waals surface area contributed by atoms with Gasteiger partial charge in [0.15, 0.2) is 0 Å². The standard InChI is InChI=1S/C10H11ClN4O/c11-4-9(12)14-7-1-2-8-6(3-7)5-13-10(16)15-8/h1-3H,4-5H2,(H2,12,14)(H2,13,15,16). The van der Waals surface area contributed by atoms with Crippen LogP contribution in [0.3, 0.4) is 0 Å². The Kier molecular flexibility index (Phi) is 2.96. The quantitative estimate of drug-likeness (QED) is 0.415. The van der Waals surface area contributed by atoms with Crippen molar-refractivity contribution in [3.05, 3.63) is 23.8 Å². The molecule has 1 aromatic carbocycles. The molecule has 4 N–H and O–H groups in total. The molecule has 1 aromatic rings. The van der Waals surface area contributed by atoms with Crippen LogP contribution in [-0.4, -0.2) is 17.7 Å². The predicted molar refractivity (Wildman–Crippen MR) is 64.3 cm³/mol. The van der Waals surface area contributed by atoms with Gasteiger partial charge in [-0.2, -0.15) is 0 Å². The van der Waals surface area contributed by atoms with Crippen LogP contribution in [0.25, 0.3) is 0 Å². The Labute approximate surface area is 97.7 Å². The zero-order chi connectivity index (χ0) is 11.5. The Morgan fingerprint density at radius 1 is 1.56 bits per heavy atom. The molecule has 84 valence electrons.